The summed E-state index contributed by atoms with van der Waals surface area (Å²) >= 11 is 0. The van der Waals surface area contributed by atoms with Crippen molar-refractivity contribution in [2.24, 2.45) is 5.14 Å². The lowest BCUT2D eigenvalue weighted by Gasteiger charge is -2.10. The molecule has 4 aromatic rings. The molecule has 2 heterocycles. The topological polar surface area (TPSA) is 130 Å². The number of hydrogen-bond acceptors (Lipinski definition) is 6. The Morgan fingerprint density at radius 2 is 1.73 bits per heavy atom. The van der Waals surface area contributed by atoms with Crippen molar-refractivity contribution in [2.45, 2.75) is 25.3 Å². The summed E-state index contributed by atoms with van der Waals surface area (Å²) in [5.41, 5.74) is 2.77. The van der Waals surface area contributed by atoms with Gasteiger partial charge in [-0.1, -0.05) is 0 Å². The van der Waals surface area contributed by atoms with Gasteiger partial charge < -0.3 is 8.98 Å². The number of ketones is 1. The lowest BCUT2D eigenvalue weighted by Crippen LogP contribution is -2.22. The zero-order chi connectivity index (χ0) is 23.9. The van der Waals surface area contributed by atoms with Crippen LogP contribution >= 0.6 is 0 Å². The number of nitrogens with zero attached hydrogens (tertiary/aromatic N) is 3. The number of carbonyl (C=O) groups is 1. The summed E-state index contributed by atoms with van der Waals surface area (Å²) in [6, 6.07) is 12.9. The average Bonchev–Trinajstić information content (AvgIpc) is 3.27. The van der Waals surface area contributed by atoms with Crippen LogP contribution in [0.25, 0.3) is 17.1 Å². The molecule has 0 spiro atoms. The highest BCUT2D eigenvalue weighted by Crippen LogP contribution is 2.23. The fourth-order valence-corrected chi connectivity index (χ4v) is 4.08. The van der Waals surface area contributed by atoms with Crippen LogP contribution in [0.2, 0.25) is 0 Å². The molecule has 11 heteroatoms. The second-order valence-electron chi connectivity index (χ2n) is 7.42. The molecule has 0 aliphatic heterocycles. The first-order chi connectivity index (χ1) is 15.5. The zero-order valence-corrected chi connectivity index (χ0v) is 18.5. The van der Waals surface area contributed by atoms with E-state index in [1.807, 2.05) is 0 Å². The summed E-state index contributed by atoms with van der Waals surface area (Å²) in [6.07, 6.45) is 0. The number of sulfonamides is 1. The van der Waals surface area contributed by atoms with Gasteiger partial charge in [-0.25, -0.2) is 22.7 Å². The van der Waals surface area contributed by atoms with E-state index < -0.39 is 21.6 Å². The second kappa shape index (κ2) is 8.26. The molecular formula is C22H19FN4O5S. The van der Waals surface area contributed by atoms with Crippen LogP contribution in [-0.2, 0) is 16.6 Å². The van der Waals surface area contributed by atoms with Crippen LogP contribution in [-0.4, -0.2) is 28.5 Å². The molecule has 0 saturated heterocycles. The Bertz CT molecular complexity index is 1510. The summed E-state index contributed by atoms with van der Waals surface area (Å²) in [4.78, 5) is 25.1. The van der Waals surface area contributed by atoms with Crippen LogP contribution in [0.15, 0.2) is 68.7 Å². The van der Waals surface area contributed by atoms with Gasteiger partial charge in [-0.15, -0.1) is 5.10 Å². The Kier molecular flexibility index (Phi) is 5.60. The van der Waals surface area contributed by atoms with Gasteiger partial charge in [-0.05, 0) is 68.4 Å². The zero-order valence-electron chi connectivity index (χ0n) is 17.6. The molecule has 2 aromatic carbocycles. The molecule has 0 fully saturated rings. The van der Waals surface area contributed by atoms with Gasteiger partial charge in [-0.2, -0.15) is 4.68 Å². The van der Waals surface area contributed by atoms with Crippen molar-refractivity contribution in [1.82, 2.24) is 14.3 Å². The van der Waals surface area contributed by atoms with Crippen molar-refractivity contribution in [3.63, 3.8) is 0 Å². The SMILES string of the molecule is Cc1cc(C(=O)Cn2nc(-c3ccc(F)cc3)oc2=O)c(C)n1-c1ccc(S(N)(=O)=O)cc1. The standard InChI is InChI=1S/C22H19FN4O5S/c1-13-11-19(14(2)27(13)17-7-9-18(10-8-17)33(24,30)31)20(28)12-26-22(29)32-21(25-26)15-3-5-16(23)6-4-15/h3-11H,12H2,1-2H3,(H2,24,30,31). The van der Waals surface area contributed by atoms with E-state index in [-0.39, 0.29) is 23.1 Å². The van der Waals surface area contributed by atoms with E-state index in [0.29, 0.717) is 22.5 Å². The minimum atomic E-state index is -3.82. The van der Waals surface area contributed by atoms with E-state index in [0.717, 1.165) is 10.4 Å². The number of benzene rings is 2. The summed E-state index contributed by atoms with van der Waals surface area (Å²) < 4.78 is 43.9. The molecule has 0 saturated carbocycles. The largest absolute Gasteiger partial charge is 0.437 e. The summed E-state index contributed by atoms with van der Waals surface area (Å²) in [5, 5.41) is 9.19. The van der Waals surface area contributed by atoms with Crippen molar-refractivity contribution in [2.75, 3.05) is 0 Å². The first kappa shape index (κ1) is 22.4. The number of Topliss-reactive ketones (excluding diaryl/α,β-unsaturated/α-hetero) is 1. The Labute approximate surface area is 187 Å². The van der Waals surface area contributed by atoms with Gasteiger partial charge in [0.25, 0.3) is 0 Å². The lowest BCUT2D eigenvalue weighted by molar-refractivity contribution is 0.0964. The van der Waals surface area contributed by atoms with E-state index >= 15 is 0 Å². The fraction of sp³-hybridized carbons (Fsp3) is 0.136. The maximum absolute atomic E-state index is 13.1. The highest BCUT2D eigenvalue weighted by molar-refractivity contribution is 7.89. The number of aromatic nitrogens is 3. The minimum absolute atomic E-state index is 0.0202. The maximum atomic E-state index is 13.1. The third kappa shape index (κ3) is 4.41. The molecular weight excluding hydrogens is 451 g/mol. The van der Waals surface area contributed by atoms with E-state index in [2.05, 4.69) is 5.10 Å². The van der Waals surface area contributed by atoms with Gasteiger partial charge in [-0.3, -0.25) is 4.79 Å². The molecule has 2 aromatic heterocycles. The molecule has 0 bridgehead atoms. The summed E-state index contributed by atoms with van der Waals surface area (Å²) in [7, 11) is -3.82. The smallest absolute Gasteiger partial charge is 0.388 e. The van der Waals surface area contributed by atoms with Gasteiger partial charge in [0.2, 0.25) is 15.9 Å². The predicted octanol–water partition coefficient (Wildman–Crippen LogP) is 2.58. The number of primary sulfonamides is 1. The van der Waals surface area contributed by atoms with E-state index in [9.17, 15) is 22.4 Å². The van der Waals surface area contributed by atoms with E-state index in [4.69, 9.17) is 9.56 Å². The van der Waals surface area contributed by atoms with Crippen LogP contribution in [0, 0.1) is 19.7 Å². The molecule has 2 N–H and O–H groups in total. The van der Waals surface area contributed by atoms with Gasteiger partial charge >= 0.3 is 5.76 Å². The average molecular weight is 470 g/mol. The molecule has 0 aliphatic carbocycles. The predicted molar refractivity (Wildman–Crippen MR) is 117 cm³/mol. The number of carbonyl (C=O) groups excluding carboxylic acids is 1. The van der Waals surface area contributed by atoms with Crippen LogP contribution in [0.4, 0.5) is 4.39 Å². The second-order valence-corrected chi connectivity index (χ2v) is 8.98. The van der Waals surface area contributed by atoms with E-state index in [1.165, 1.54) is 36.4 Å². The van der Waals surface area contributed by atoms with Crippen LogP contribution in [0.3, 0.4) is 0 Å². The molecule has 9 nitrogen and oxygen atoms in total. The van der Waals surface area contributed by atoms with Crippen molar-refractivity contribution in [1.29, 1.82) is 0 Å². The van der Waals surface area contributed by atoms with Crippen LogP contribution in [0.1, 0.15) is 21.7 Å². The molecule has 0 aliphatic rings. The Morgan fingerprint density at radius 3 is 2.33 bits per heavy atom. The number of halogens is 1. The molecule has 0 amide bonds. The monoisotopic (exact) mass is 470 g/mol. The van der Waals surface area contributed by atoms with Crippen molar-refractivity contribution < 1.29 is 22.0 Å². The molecule has 33 heavy (non-hydrogen) atoms. The van der Waals surface area contributed by atoms with Crippen molar-refractivity contribution >= 4 is 15.8 Å². The van der Waals surface area contributed by atoms with Crippen molar-refractivity contribution in [3.05, 3.63) is 87.9 Å². The lowest BCUT2D eigenvalue weighted by atomic mass is 10.1. The Morgan fingerprint density at radius 1 is 1.09 bits per heavy atom. The summed E-state index contributed by atoms with van der Waals surface area (Å²) in [6.45, 7) is 3.19. The third-order valence-electron chi connectivity index (χ3n) is 5.15. The van der Waals surface area contributed by atoms with Gasteiger partial charge in [0.15, 0.2) is 5.78 Å². The Hall–Kier alpha value is -3.83. The number of hydrogen-bond donors (Lipinski definition) is 1. The quantitative estimate of drug-likeness (QED) is 0.431. The maximum Gasteiger partial charge on any atom is 0.437 e. The van der Waals surface area contributed by atoms with Gasteiger partial charge in [0.1, 0.15) is 12.4 Å². The van der Waals surface area contributed by atoms with Gasteiger partial charge in [0.05, 0.1) is 4.90 Å². The minimum Gasteiger partial charge on any atom is -0.388 e. The highest BCUT2D eigenvalue weighted by Gasteiger charge is 2.20. The molecule has 0 radical (unpaired) electrons. The summed E-state index contributed by atoms with van der Waals surface area (Å²) in [5.74, 6) is -1.63. The molecule has 170 valence electrons. The first-order valence-electron chi connectivity index (χ1n) is 9.74. The number of rotatable bonds is 6. The fourth-order valence-electron chi connectivity index (χ4n) is 3.56. The highest BCUT2D eigenvalue weighted by atomic mass is 32.2. The molecule has 0 unspecified atom stereocenters. The first-order valence-corrected chi connectivity index (χ1v) is 11.3. The van der Waals surface area contributed by atoms with Crippen LogP contribution in [0.5, 0.6) is 0 Å². The van der Waals surface area contributed by atoms with Crippen molar-refractivity contribution in [3.8, 4) is 17.1 Å². The Balaban J connectivity index is 1.62. The van der Waals surface area contributed by atoms with Crippen LogP contribution < -0.4 is 10.9 Å². The normalized spacial score (nSPS) is 11.6. The molecule has 0 atom stereocenters. The van der Waals surface area contributed by atoms with Gasteiger partial charge in [0, 0.05) is 28.2 Å². The van der Waals surface area contributed by atoms with E-state index in [1.54, 1.807) is 36.6 Å². The number of aryl methyl sites for hydroxylation is 1. The molecule has 4 rings (SSSR count). The third-order valence-corrected chi connectivity index (χ3v) is 6.08. The number of nitrogens with two attached hydrogens (primary N) is 1.